The number of anilines is 1. The van der Waals surface area contributed by atoms with Crippen molar-refractivity contribution in [3.05, 3.63) is 62.6 Å². The summed E-state index contributed by atoms with van der Waals surface area (Å²) in [6.45, 7) is 4.92. The molecule has 0 unspecified atom stereocenters. The van der Waals surface area contributed by atoms with E-state index in [9.17, 15) is 0 Å². The van der Waals surface area contributed by atoms with E-state index in [1.165, 1.54) is 11.1 Å². The van der Waals surface area contributed by atoms with Gasteiger partial charge in [-0.1, -0.05) is 39.7 Å². The second-order valence-electron chi connectivity index (χ2n) is 4.41. The molecule has 0 aliphatic rings. The van der Waals surface area contributed by atoms with Crippen molar-refractivity contribution >= 4 is 33.2 Å². The molecule has 0 heterocycles. The molecule has 2 aromatic carbocycles. The predicted octanol–water partition coefficient (Wildman–Crippen LogP) is 5.33. The smallest absolute Gasteiger partial charge is 0.0456 e. The first-order valence-electron chi connectivity index (χ1n) is 5.81. The molecule has 2 aromatic rings. The van der Waals surface area contributed by atoms with Gasteiger partial charge in [0.2, 0.25) is 0 Å². The molecular weight excluding hydrogens is 310 g/mol. The van der Waals surface area contributed by atoms with Crippen LogP contribution in [-0.2, 0) is 6.54 Å². The Hall–Kier alpha value is -0.990. The minimum Gasteiger partial charge on any atom is -0.381 e. The van der Waals surface area contributed by atoms with Crippen LogP contribution in [0.3, 0.4) is 0 Å². The van der Waals surface area contributed by atoms with E-state index in [0.717, 1.165) is 27.3 Å². The summed E-state index contributed by atoms with van der Waals surface area (Å²) in [7, 11) is 0. The lowest BCUT2D eigenvalue weighted by Crippen LogP contribution is -2.02. The normalized spacial score (nSPS) is 10.4. The third-order valence-electron chi connectivity index (χ3n) is 2.87. The number of halogens is 2. The summed E-state index contributed by atoms with van der Waals surface area (Å²) in [5, 5.41) is 4.22. The molecule has 0 bridgehead atoms. The van der Waals surface area contributed by atoms with E-state index < -0.39 is 0 Å². The Morgan fingerprint density at radius 3 is 2.67 bits per heavy atom. The summed E-state index contributed by atoms with van der Waals surface area (Å²) >= 11 is 9.63. The highest BCUT2D eigenvalue weighted by atomic mass is 79.9. The highest BCUT2D eigenvalue weighted by Gasteiger charge is 2.03. The van der Waals surface area contributed by atoms with Gasteiger partial charge >= 0.3 is 0 Å². The van der Waals surface area contributed by atoms with Gasteiger partial charge in [-0.3, -0.25) is 0 Å². The van der Waals surface area contributed by atoms with E-state index in [1.807, 2.05) is 18.2 Å². The number of rotatable bonds is 3. The first kappa shape index (κ1) is 13.4. The van der Waals surface area contributed by atoms with E-state index in [1.54, 1.807) is 0 Å². The molecule has 94 valence electrons. The average Bonchev–Trinajstić information content (AvgIpc) is 2.34. The quantitative estimate of drug-likeness (QED) is 0.804. The number of hydrogen-bond acceptors (Lipinski definition) is 1. The lowest BCUT2D eigenvalue weighted by atomic mass is 10.1. The minimum atomic E-state index is 0.725. The van der Waals surface area contributed by atoms with Crippen LogP contribution < -0.4 is 5.32 Å². The molecule has 0 atom stereocenters. The summed E-state index contributed by atoms with van der Waals surface area (Å²) in [6, 6.07) is 12.3. The predicted molar refractivity (Wildman–Crippen MR) is 82.4 cm³/mol. The van der Waals surface area contributed by atoms with Crippen LogP contribution in [0.25, 0.3) is 0 Å². The third-order valence-corrected chi connectivity index (χ3v) is 3.73. The van der Waals surface area contributed by atoms with Crippen molar-refractivity contribution in [1.82, 2.24) is 0 Å². The lowest BCUT2D eigenvalue weighted by Gasteiger charge is -2.11. The molecule has 0 saturated heterocycles. The molecular formula is C15H15BrClN. The second-order valence-corrected chi connectivity index (χ2v) is 5.73. The van der Waals surface area contributed by atoms with Gasteiger partial charge in [0.1, 0.15) is 0 Å². The molecule has 0 amide bonds. The summed E-state index contributed by atoms with van der Waals surface area (Å²) in [5.74, 6) is 0. The first-order valence-corrected chi connectivity index (χ1v) is 6.98. The third kappa shape index (κ3) is 3.27. The fourth-order valence-electron chi connectivity index (χ4n) is 1.80. The van der Waals surface area contributed by atoms with Crippen molar-refractivity contribution in [2.45, 2.75) is 20.4 Å². The van der Waals surface area contributed by atoms with Gasteiger partial charge in [-0.25, -0.2) is 0 Å². The van der Waals surface area contributed by atoms with Crippen molar-refractivity contribution in [1.29, 1.82) is 0 Å². The van der Waals surface area contributed by atoms with Crippen molar-refractivity contribution in [2.24, 2.45) is 0 Å². The van der Waals surface area contributed by atoms with Crippen molar-refractivity contribution in [2.75, 3.05) is 5.32 Å². The number of nitrogens with one attached hydrogen (secondary N) is 1. The van der Waals surface area contributed by atoms with Crippen LogP contribution >= 0.6 is 27.5 Å². The Balaban J connectivity index is 2.16. The van der Waals surface area contributed by atoms with Gasteiger partial charge < -0.3 is 5.32 Å². The molecule has 1 nitrogen and oxygen atoms in total. The van der Waals surface area contributed by atoms with E-state index in [0.29, 0.717) is 0 Å². The zero-order chi connectivity index (χ0) is 13.1. The van der Waals surface area contributed by atoms with Crippen molar-refractivity contribution in [3.8, 4) is 0 Å². The van der Waals surface area contributed by atoms with Crippen LogP contribution in [0.15, 0.2) is 40.9 Å². The van der Waals surface area contributed by atoms with Gasteiger partial charge in [-0.15, -0.1) is 0 Å². The molecule has 0 aromatic heterocycles. The standard InChI is InChI=1S/C15H15BrClN/c1-10-3-4-11(2)15(7-10)18-9-12-8-13(16)5-6-14(12)17/h3-8,18H,9H2,1-2H3. The van der Waals surface area contributed by atoms with E-state index in [-0.39, 0.29) is 0 Å². The van der Waals surface area contributed by atoms with Gasteiger partial charge in [0.05, 0.1) is 0 Å². The van der Waals surface area contributed by atoms with Crippen LogP contribution in [0, 0.1) is 13.8 Å². The van der Waals surface area contributed by atoms with Crippen LogP contribution in [0.5, 0.6) is 0 Å². The Bertz CT molecular complexity index is 515. The van der Waals surface area contributed by atoms with Crippen molar-refractivity contribution < 1.29 is 0 Å². The molecule has 0 radical (unpaired) electrons. The fourth-order valence-corrected chi connectivity index (χ4v) is 2.39. The molecule has 0 saturated carbocycles. The monoisotopic (exact) mass is 323 g/mol. The molecule has 1 N–H and O–H groups in total. The van der Waals surface area contributed by atoms with Crippen LogP contribution in [0.4, 0.5) is 5.69 Å². The molecule has 18 heavy (non-hydrogen) atoms. The molecule has 2 rings (SSSR count). The molecule has 0 aliphatic carbocycles. The lowest BCUT2D eigenvalue weighted by molar-refractivity contribution is 1.13. The maximum Gasteiger partial charge on any atom is 0.0456 e. The highest BCUT2D eigenvalue weighted by Crippen LogP contribution is 2.23. The van der Waals surface area contributed by atoms with Gasteiger partial charge in [-0.2, -0.15) is 0 Å². The number of benzene rings is 2. The van der Waals surface area contributed by atoms with Gasteiger partial charge in [0.25, 0.3) is 0 Å². The maximum atomic E-state index is 6.17. The molecule has 0 aliphatic heterocycles. The second kappa shape index (κ2) is 5.77. The van der Waals surface area contributed by atoms with E-state index >= 15 is 0 Å². The first-order chi connectivity index (χ1) is 8.56. The zero-order valence-corrected chi connectivity index (χ0v) is 12.8. The largest absolute Gasteiger partial charge is 0.381 e. The summed E-state index contributed by atoms with van der Waals surface area (Å²) in [5.41, 5.74) is 4.74. The molecule has 3 heteroatoms. The Morgan fingerprint density at radius 2 is 1.89 bits per heavy atom. The van der Waals surface area contributed by atoms with Gasteiger partial charge in [-0.05, 0) is 54.8 Å². The highest BCUT2D eigenvalue weighted by molar-refractivity contribution is 9.10. The Labute approximate surface area is 121 Å². The zero-order valence-electron chi connectivity index (χ0n) is 10.4. The number of aryl methyl sites for hydroxylation is 2. The Kier molecular flexibility index (Phi) is 4.31. The van der Waals surface area contributed by atoms with Gasteiger partial charge in [0.15, 0.2) is 0 Å². The van der Waals surface area contributed by atoms with E-state index in [2.05, 4.69) is 53.3 Å². The Morgan fingerprint density at radius 1 is 1.11 bits per heavy atom. The van der Waals surface area contributed by atoms with Crippen molar-refractivity contribution in [3.63, 3.8) is 0 Å². The topological polar surface area (TPSA) is 12.0 Å². The molecule has 0 fully saturated rings. The molecule has 0 spiro atoms. The van der Waals surface area contributed by atoms with Gasteiger partial charge in [0, 0.05) is 21.7 Å². The number of hydrogen-bond donors (Lipinski definition) is 1. The van der Waals surface area contributed by atoms with Crippen LogP contribution in [-0.4, -0.2) is 0 Å². The summed E-state index contributed by atoms with van der Waals surface area (Å²) in [6.07, 6.45) is 0. The van der Waals surface area contributed by atoms with Crippen LogP contribution in [0.1, 0.15) is 16.7 Å². The van der Waals surface area contributed by atoms with E-state index in [4.69, 9.17) is 11.6 Å². The SMILES string of the molecule is Cc1ccc(C)c(NCc2cc(Br)ccc2Cl)c1. The average molecular weight is 325 g/mol. The fraction of sp³-hybridized carbons (Fsp3) is 0.200. The summed E-state index contributed by atoms with van der Waals surface area (Å²) < 4.78 is 1.05. The van der Waals surface area contributed by atoms with Crippen LogP contribution in [0.2, 0.25) is 5.02 Å². The maximum absolute atomic E-state index is 6.17. The summed E-state index contributed by atoms with van der Waals surface area (Å²) in [4.78, 5) is 0. The minimum absolute atomic E-state index is 0.725.